The van der Waals surface area contributed by atoms with E-state index in [2.05, 4.69) is 26.1 Å². The minimum atomic E-state index is 0.333. The first kappa shape index (κ1) is 9.19. The van der Waals surface area contributed by atoms with Gasteiger partial charge in [0.1, 0.15) is 0 Å². The highest BCUT2D eigenvalue weighted by molar-refractivity contribution is 5.61. The van der Waals surface area contributed by atoms with Crippen LogP contribution in [-0.2, 0) is 0 Å². The number of anilines is 1. The van der Waals surface area contributed by atoms with Gasteiger partial charge in [0.2, 0.25) is 6.79 Å². The second-order valence-electron chi connectivity index (χ2n) is 3.82. The fourth-order valence-corrected chi connectivity index (χ4v) is 1.51. The Balaban J connectivity index is 2.32. The predicted molar refractivity (Wildman–Crippen MR) is 56.1 cm³/mol. The fraction of sp³-hybridized carbons (Fsp3) is 0.455. The summed E-state index contributed by atoms with van der Waals surface area (Å²) in [6.45, 7) is 6.63. The number of rotatable bonds is 2. The van der Waals surface area contributed by atoms with E-state index in [-0.39, 0.29) is 0 Å². The third-order valence-corrected chi connectivity index (χ3v) is 2.16. The predicted octanol–water partition coefficient (Wildman–Crippen LogP) is 2.54. The van der Waals surface area contributed by atoms with E-state index in [9.17, 15) is 0 Å². The van der Waals surface area contributed by atoms with Gasteiger partial charge < -0.3 is 14.8 Å². The van der Waals surface area contributed by atoms with Crippen molar-refractivity contribution in [3.8, 4) is 11.5 Å². The van der Waals surface area contributed by atoms with Crippen LogP contribution in [0, 0.1) is 6.92 Å². The van der Waals surface area contributed by atoms with Crippen LogP contribution in [0.3, 0.4) is 0 Å². The van der Waals surface area contributed by atoms with Crippen LogP contribution in [-0.4, -0.2) is 12.8 Å². The molecule has 1 aliphatic heterocycles. The largest absolute Gasteiger partial charge is 0.454 e. The molecule has 76 valence electrons. The molecule has 1 aliphatic rings. The summed E-state index contributed by atoms with van der Waals surface area (Å²) in [6.07, 6.45) is 0. The van der Waals surface area contributed by atoms with Crippen molar-refractivity contribution in [2.75, 3.05) is 12.1 Å². The Bertz CT molecular complexity index is 347. The van der Waals surface area contributed by atoms with E-state index in [0.717, 1.165) is 17.2 Å². The molecule has 3 heteroatoms. The van der Waals surface area contributed by atoms with Crippen molar-refractivity contribution in [3.63, 3.8) is 0 Å². The molecule has 14 heavy (non-hydrogen) atoms. The maximum absolute atomic E-state index is 5.31. The minimum absolute atomic E-state index is 0.333. The lowest BCUT2D eigenvalue weighted by molar-refractivity contribution is 0.174. The van der Waals surface area contributed by atoms with Gasteiger partial charge in [0.05, 0.1) is 0 Å². The van der Waals surface area contributed by atoms with Crippen molar-refractivity contribution < 1.29 is 9.47 Å². The molecule has 3 nitrogen and oxygen atoms in total. The zero-order valence-corrected chi connectivity index (χ0v) is 8.76. The Morgan fingerprint density at radius 1 is 1.21 bits per heavy atom. The van der Waals surface area contributed by atoms with Crippen LogP contribution < -0.4 is 14.8 Å². The first-order valence-corrected chi connectivity index (χ1v) is 4.83. The summed E-state index contributed by atoms with van der Waals surface area (Å²) >= 11 is 0. The zero-order chi connectivity index (χ0) is 10.1. The van der Waals surface area contributed by atoms with Gasteiger partial charge in [0.25, 0.3) is 0 Å². The van der Waals surface area contributed by atoms with Crippen molar-refractivity contribution in [2.45, 2.75) is 26.8 Å². The average molecular weight is 193 g/mol. The molecule has 1 aromatic rings. The second-order valence-corrected chi connectivity index (χ2v) is 3.82. The Kier molecular flexibility index (Phi) is 2.23. The summed E-state index contributed by atoms with van der Waals surface area (Å²) in [7, 11) is 0. The van der Waals surface area contributed by atoms with Crippen LogP contribution in [0.15, 0.2) is 12.1 Å². The lowest BCUT2D eigenvalue weighted by Crippen LogP contribution is -2.10. The molecule has 0 aliphatic carbocycles. The molecule has 0 spiro atoms. The van der Waals surface area contributed by atoms with Crippen LogP contribution in [0.5, 0.6) is 11.5 Å². The molecule has 1 heterocycles. The first-order chi connectivity index (χ1) is 6.66. The highest BCUT2D eigenvalue weighted by atomic mass is 16.7. The SMILES string of the molecule is Cc1cc2c(cc1NC(C)C)OCO2. The van der Waals surface area contributed by atoms with E-state index in [0.29, 0.717) is 12.8 Å². The molecule has 1 N–H and O–H groups in total. The maximum atomic E-state index is 5.31. The summed E-state index contributed by atoms with van der Waals surface area (Å²) in [5, 5.41) is 3.37. The Morgan fingerprint density at radius 2 is 1.86 bits per heavy atom. The average Bonchev–Trinajstić information content (AvgIpc) is 2.51. The van der Waals surface area contributed by atoms with Gasteiger partial charge in [-0.25, -0.2) is 0 Å². The molecule has 0 unspecified atom stereocenters. The molecule has 0 aromatic heterocycles. The lowest BCUT2D eigenvalue weighted by Gasteiger charge is -2.13. The summed E-state index contributed by atoms with van der Waals surface area (Å²) in [6, 6.07) is 4.43. The van der Waals surface area contributed by atoms with Gasteiger partial charge in [-0.2, -0.15) is 0 Å². The second kappa shape index (κ2) is 3.40. The van der Waals surface area contributed by atoms with Crippen molar-refractivity contribution in [1.82, 2.24) is 0 Å². The molecular weight excluding hydrogens is 178 g/mol. The van der Waals surface area contributed by atoms with Gasteiger partial charge in [0.15, 0.2) is 11.5 Å². The Morgan fingerprint density at radius 3 is 2.50 bits per heavy atom. The summed E-state index contributed by atoms with van der Waals surface area (Å²) < 4.78 is 10.6. The van der Waals surface area contributed by atoms with Crippen LogP contribution in [0.25, 0.3) is 0 Å². The van der Waals surface area contributed by atoms with Crippen LogP contribution in [0.1, 0.15) is 19.4 Å². The molecule has 2 rings (SSSR count). The van der Waals surface area contributed by atoms with Crippen LogP contribution >= 0.6 is 0 Å². The number of hydrogen-bond acceptors (Lipinski definition) is 3. The fourth-order valence-electron chi connectivity index (χ4n) is 1.51. The number of benzene rings is 1. The monoisotopic (exact) mass is 193 g/mol. The highest BCUT2D eigenvalue weighted by Crippen LogP contribution is 2.36. The molecule has 0 radical (unpaired) electrons. The molecule has 0 atom stereocenters. The number of hydrogen-bond donors (Lipinski definition) is 1. The van der Waals surface area contributed by atoms with E-state index in [1.807, 2.05) is 12.1 Å². The van der Waals surface area contributed by atoms with Crippen molar-refractivity contribution >= 4 is 5.69 Å². The van der Waals surface area contributed by atoms with E-state index in [1.54, 1.807) is 0 Å². The normalized spacial score (nSPS) is 13.4. The third-order valence-electron chi connectivity index (χ3n) is 2.16. The highest BCUT2D eigenvalue weighted by Gasteiger charge is 2.15. The van der Waals surface area contributed by atoms with Crippen molar-refractivity contribution in [2.24, 2.45) is 0 Å². The maximum Gasteiger partial charge on any atom is 0.231 e. The van der Waals surface area contributed by atoms with Gasteiger partial charge in [0, 0.05) is 17.8 Å². The number of nitrogens with one attached hydrogen (secondary N) is 1. The number of ether oxygens (including phenoxy) is 2. The van der Waals surface area contributed by atoms with Crippen LogP contribution in [0.2, 0.25) is 0 Å². The van der Waals surface area contributed by atoms with E-state index in [4.69, 9.17) is 9.47 Å². The van der Waals surface area contributed by atoms with Crippen molar-refractivity contribution in [1.29, 1.82) is 0 Å². The van der Waals surface area contributed by atoms with Gasteiger partial charge in [-0.1, -0.05) is 0 Å². The minimum Gasteiger partial charge on any atom is -0.454 e. The summed E-state index contributed by atoms with van der Waals surface area (Å²) in [5.41, 5.74) is 2.30. The smallest absolute Gasteiger partial charge is 0.231 e. The lowest BCUT2D eigenvalue weighted by atomic mass is 10.1. The molecule has 0 bridgehead atoms. The first-order valence-electron chi connectivity index (χ1n) is 4.83. The summed E-state index contributed by atoms with van der Waals surface area (Å²) in [4.78, 5) is 0. The van der Waals surface area contributed by atoms with Gasteiger partial charge in [-0.15, -0.1) is 0 Å². The van der Waals surface area contributed by atoms with Crippen LogP contribution in [0.4, 0.5) is 5.69 Å². The molecule has 0 amide bonds. The van der Waals surface area contributed by atoms with E-state index < -0.39 is 0 Å². The third kappa shape index (κ3) is 1.62. The summed E-state index contributed by atoms with van der Waals surface area (Å²) in [5.74, 6) is 1.68. The van der Waals surface area contributed by atoms with Gasteiger partial charge >= 0.3 is 0 Å². The van der Waals surface area contributed by atoms with Gasteiger partial charge in [-0.05, 0) is 32.4 Å². The Hall–Kier alpha value is -1.38. The standard InChI is InChI=1S/C11H15NO2/c1-7(2)12-9-5-11-10(4-8(9)3)13-6-14-11/h4-5,7,12H,6H2,1-3H3. The quantitative estimate of drug-likeness (QED) is 0.783. The topological polar surface area (TPSA) is 30.5 Å². The van der Waals surface area contributed by atoms with Crippen molar-refractivity contribution in [3.05, 3.63) is 17.7 Å². The molecule has 0 fully saturated rings. The molecule has 0 saturated heterocycles. The number of fused-ring (bicyclic) bond motifs is 1. The zero-order valence-electron chi connectivity index (χ0n) is 8.76. The molecular formula is C11H15NO2. The molecule has 1 aromatic carbocycles. The van der Waals surface area contributed by atoms with E-state index in [1.165, 1.54) is 5.56 Å². The van der Waals surface area contributed by atoms with Gasteiger partial charge in [-0.3, -0.25) is 0 Å². The van der Waals surface area contributed by atoms with E-state index >= 15 is 0 Å². The molecule has 0 saturated carbocycles. The number of aryl methyl sites for hydroxylation is 1. The Labute approximate surface area is 84.0 Å².